The van der Waals surface area contributed by atoms with Gasteiger partial charge in [0.05, 0.1) is 11.7 Å². The highest BCUT2D eigenvalue weighted by molar-refractivity contribution is 5.30. The second kappa shape index (κ2) is 7.68. The Balaban J connectivity index is 3.35. The van der Waals surface area contributed by atoms with E-state index in [1.807, 2.05) is 0 Å². The molecule has 0 aliphatic rings. The second-order valence-corrected chi connectivity index (χ2v) is 5.18. The van der Waals surface area contributed by atoms with Crippen molar-refractivity contribution >= 4 is 0 Å². The molecule has 0 aliphatic heterocycles. The Hall–Kier alpha value is -0.830. The van der Waals surface area contributed by atoms with E-state index in [-0.39, 0.29) is 0 Å². The summed E-state index contributed by atoms with van der Waals surface area (Å²) in [6, 6.07) is 0.983. The van der Waals surface area contributed by atoms with Crippen molar-refractivity contribution in [2.75, 3.05) is 7.05 Å². The number of aryl methyl sites for hydroxylation is 1. The number of hydrogen-bond acceptors (Lipinski definition) is 2. The average Bonchev–Trinajstić information content (AvgIpc) is 2.80. The van der Waals surface area contributed by atoms with Crippen molar-refractivity contribution < 1.29 is 0 Å². The van der Waals surface area contributed by atoms with Crippen LogP contribution in [0.3, 0.4) is 0 Å². The molecule has 1 aromatic heterocycles. The van der Waals surface area contributed by atoms with Gasteiger partial charge in [0.2, 0.25) is 0 Å². The molecule has 0 radical (unpaired) electrons. The van der Waals surface area contributed by atoms with Gasteiger partial charge in [-0.3, -0.25) is 4.68 Å². The molecule has 0 bridgehead atoms. The second-order valence-electron chi connectivity index (χ2n) is 5.18. The third-order valence-corrected chi connectivity index (χ3v) is 4.19. The van der Waals surface area contributed by atoms with Gasteiger partial charge < -0.3 is 5.32 Å². The van der Waals surface area contributed by atoms with E-state index >= 15 is 0 Å². The summed E-state index contributed by atoms with van der Waals surface area (Å²) < 4.78 is 2.31. The SMILES string of the molecule is CCc1nn(C(CC)CC)c(CC)c1C(CC)NC. The summed E-state index contributed by atoms with van der Waals surface area (Å²) in [6.45, 7) is 11.2. The van der Waals surface area contributed by atoms with Crippen LogP contribution in [0, 0.1) is 0 Å². The molecule has 1 aromatic rings. The summed E-state index contributed by atoms with van der Waals surface area (Å²) in [5.74, 6) is 0. The molecule has 1 unspecified atom stereocenters. The van der Waals surface area contributed by atoms with Crippen molar-refractivity contribution in [3.63, 3.8) is 0 Å². The van der Waals surface area contributed by atoms with Crippen LogP contribution < -0.4 is 5.32 Å². The maximum atomic E-state index is 4.93. The normalized spacial score (nSPS) is 13.2. The van der Waals surface area contributed by atoms with Crippen LogP contribution in [0.5, 0.6) is 0 Å². The predicted octanol–water partition coefficient (Wildman–Crippen LogP) is 4.04. The Morgan fingerprint density at radius 3 is 2.00 bits per heavy atom. The molecule has 0 spiro atoms. The Bertz CT molecular complexity index is 374. The van der Waals surface area contributed by atoms with Gasteiger partial charge in [-0.15, -0.1) is 0 Å². The summed E-state index contributed by atoms with van der Waals surface area (Å²) >= 11 is 0. The molecule has 0 fully saturated rings. The molecule has 0 aliphatic carbocycles. The van der Waals surface area contributed by atoms with E-state index in [1.54, 1.807) is 0 Å². The first-order chi connectivity index (χ1) is 9.18. The topological polar surface area (TPSA) is 29.9 Å². The lowest BCUT2D eigenvalue weighted by atomic mass is 9.99. The highest BCUT2D eigenvalue weighted by atomic mass is 15.3. The smallest absolute Gasteiger partial charge is 0.0672 e. The molecule has 1 atom stereocenters. The van der Waals surface area contributed by atoms with Crippen LogP contribution in [0.25, 0.3) is 0 Å². The fourth-order valence-corrected chi connectivity index (χ4v) is 3.04. The molecule has 1 rings (SSSR count). The molecule has 0 saturated carbocycles. The van der Waals surface area contributed by atoms with Gasteiger partial charge >= 0.3 is 0 Å². The lowest BCUT2D eigenvalue weighted by Crippen LogP contribution is -2.19. The van der Waals surface area contributed by atoms with Gasteiger partial charge in [0.1, 0.15) is 0 Å². The summed E-state index contributed by atoms with van der Waals surface area (Å²) in [7, 11) is 2.06. The number of nitrogens with one attached hydrogen (secondary N) is 1. The molecule has 1 N–H and O–H groups in total. The standard InChI is InChI=1S/C16H31N3/c1-7-12(8-2)19-15(11-5)16(13(9-3)17-6)14(10-4)18-19/h12-13,17H,7-11H2,1-6H3. The monoisotopic (exact) mass is 265 g/mol. The van der Waals surface area contributed by atoms with E-state index in [0.29, 0.717) is 12.1 Å². The Morgan fingerprint density at radius 1 is 1.00 bits per heavy atom. The largest absolute Gasteiger partial charge is 0.313 e. The van der Waals surface area contributed by atoms with Crippen molar-refractivity contribution in [2.45, 2.75) is 78.8 Å². The summed E-state index contributed by atoms with van der Waals surface area (Å²) in [5, 5.41) is 8.39. The minimum absolute atomic E-state index is 0.438. The summed E-state index contributed by atoms with van der Waals surface area (Å²) in [5.41, 5.74) is 4.18. The van der Waals surface area contributed by atoms with Crippen LogP contribution >= 0.6 is 0 Å². The molecule has 3 heteroatoms. The lowest BCUT2D eigenvalue weighted by Gasteiger charge is -2.19. The highest BCUT2D eigenvalue weighted by Crippen LogP contribution is 2.29. The van der Waals surface area contributed by atoms with Gasteiger partial charge in [0.15, 0.2) is 0 Å². The van der Waals surface area contributed by atoms with Gasteiger partial charge in [0, 0.05) is 17.3 Å². The van der Waals surface area contributed by atoms with Crippen LogP contribution in [0.15, 0.2) is 0 Å². The average molecular weight is 265 g/mol. The van der Waals surface area contributed by atoms with Crippen molar-refractivity contribution in [3.05, 3.63) is 17.0 Å². The molecule has 0 saturated heterocycles. The number of nitrogens with zero attached hydrogens (tertiary/aromatic N) is 2. The van der Waals surface area contributed by atoms with Crippen LogP contribution in [0.2, 0.25) is 0 Å². The van der Waals surface area contributed by atoms with Crippen molar-refractivity contribution in [3.8, 4) is 0 Å². The van der Waals surface area contributed by atoms with E-state index in [2.05, 4.69) is 51.7 Å². The zero-order chi connectivity index (χ0) is 14.4. The van der Waals surface area contributed by atoms with Gasteiger partial charge in [-0.1, -0.05) is 34.6 Å². The quantitative estimate of drug-likeness (QED) is 0.769. The Kier molecular flexibility index (Phi) is 6.56. The van der Waals surface area contributed by atoms with Crippen LogP contribution in [0.1, 0.15) is 82.9 Å². The predicted molar refractivity (Wildman–Crippen MR) is 82.7 cm³/mol. The third kappa shape index (κ3) is 3.19. The van der Waals surface area contributed by atoms with E-state index < -0.39 is 0 Å². The summed E-state index contributed by atoms with van der Waals surface area (Å²) in [6.07, 6.45) is 5.52. The molecule has 19 heavy (non-hydrogen) atoms. The molecule has 0 amide bonds. The zero-order valence-electron chi connectivity index (χ0n) is 13.6. The first-order valence-electron chi connectivity index (χ1n) is 7.95. The van der Waals surface area contributed by atoms with Crippen LogP contribution in [-0.2, 0) is 12.8 Å². The minimum atomic E-state index is 0.438. The molecule has 110 valence electrons. The van der Waals surface area contributed by atoms with Gasteiger partial charge in [-0.05, 0) is 39.2 Å². The van der Waals surface area contributed by atoms with E-state index in [0.717, 1.165) is 32.1 Å². The van der Waals surface area contributed by atoms with E-state index in [9.17, 15) is 0 Å². The molecule has 3 nitrogen and oxygen atoms in total. The van der Waals surface area contributed by atoms with E-state index in [4.69, 9.17) is 5.10 Å². The van der Waals surface area contributed by atoms with Gasteiger partial charge in [-0.2, -0.15) is 5.10 Å². The Morgan fingerprint density at radius 2 is 1.63 bits per heavy atom. The van der Waals surface area contributed by atoms with Crippen LogP contribution in [0.4, 0.5) is 0 Å². The number of rotatable bonds is 8. The minimum Gasteiger partial charge on any atom is -0.313 e. The van der Waals surface area contributed by atoms with Crippen molar-refractivity contribution in [2.24, 2.45) is 0 Å². The van der Waals surface area contributed by atoms with Crippen molar-refractivity contribution in [1.29, 1.82) is 0 Å². The maximum absolute atomic E-state index is 4.93. The van der Waals surface area contributed by atoms with Gasteiger partial charge in [0.25, 0.3) is 0 Å². The molecular weight excluding hydrogens is 234 g/mol. The fraction of sp³-hybridized carbons (Fsp3) is 0.812. The first-order valence-corrected chi connectivity index (χ1v) is 7.95. The number of hydrogen-bond donors (Lipinski definition) is 1. The third-order valence-electron chi connectivity index (χ3n) is 4.19. The first kappa shape index (κ1) is 16.2. The summed E-state index contributed by atoms with van der Waals surface area (Å²) in [4.78, 5) is 0. The zero-order valence-corrected chi connectivity index (χ0v) is 13.6. The number of aromatic nitrogens is 2. The van der Waals surface area contributed by atoms with Crippen molar-refractivity contribution in [1.82, 2.24) is 15.1 Å². The van der Waals surface area contributed by atoms with Crippen LogP contribution in [-0.4, -0.2) is 16.8 Å². The maximum Gasteiger partial charge on any atom is 0.0672 e. The molecule has 0 aromatic carbocycles. The van der Waals surface area contributed by atoms with E-state index in [1.165, 1.54) is 17.0 Å². The molecule has 1 heterocycles. The fourth-order valence-electron chi connectivity index (χ4n) is 3.04. The molecular formula is C16H31N3. The highest BCUT2D eigenvalue weighted by Gasteiger charge is 2.23. The lowest BCUT2D eigenvalue weighted by molar-refractivity contribution is 0.412. The Labute approximate surface area is 118 Å². The van der Waals surface area contributed by atoms with Gasteiger partial charge in [-0.25, -0.2) is 0 Å².